The van der Waals surface area contributed by atoms with Crippen molar-refractivity contribution in [1.29, 1.82) is 5.26 Å². The van der Waals surface area contributed by atoms with Crippen LogP contribution in [-0.2, 0) is 4.74 Å². The molecule has 1 atom stereocenters. The molecule has 94 valence electrons. The first-order valence-corrected chi connectivity index (χ1v) is 6.16. The molecule has 1 heterocycles. The van der Waals surface area contributed by atoms with Gasteiger partial charge >= 0.3 is 0 Å². The van der Waals surface area contributed by atoms with E-state index in [9.17, 15) is 9.18 Å². The minimum Gasteiger partial charge on any atom is -0.376 e. The maximum Gasteiger partial charge on any atom is 0.258 e. The molecule has 0 aromatic heterocycles. The lowest BCUT2D eigenvalue weighted by molar-refractivity contribution is 0.0129. The van der Waals surface area contributed by atoms with Gasteiger partial charge < -0.3 is 9.64 Å². The third-order valence-electron chi connectivity index (χ3n) is 2.70. The third kappa shape index (κ3) is 2.52. The number of ether oxygens (including phenoxy) is 1. The lowest BCUT2D eigenvalue weighted by Crippen LogP contribution is -2.48. The predicted octanol–water partition coefficient (Wildman–Crippen LogP) is 1.95. The Kier molecular flexibility index (Phi) is 3.94. The Morgan fingerprint density at radius 3 is 3.11 bits per heavy atom. The van der Waals surface area contributed by atoms with Gasteiger partial charge in [-0.05, 0) is 18.2 Å². The van der Waals surface area contributed by atoms with Crippen LogP contribution in [0.15, 0.2) is 22.7 Å². The summed E-state index contributed by atoms with van der Waals surface area (Å²) >= 11 is 3.19. The second-order valence-corrected chi connectivity index (χ2v) is 4.76. The summed E-state index contributed by atoms with van der Waals surface area (Å²) in [6, 6.07) is 5.48. The minimum atomic E-state index is -0.662. The highest BCUT2D eigenvalue weighted by Gasteiger charge is 2.29. The molecule has 6 heteroatoms. The van der Waals surface area contributed by atoms with E-state index in [-0.39, 0.29) is 12.2 Å². The maximum atomic E-state index is 13.6. The Morgan fingerprint density at radius 2 is 2.39 bits per heavy atom. The maximum absolute atomic E-state index is 13.6. The molecule has 1 aromatic rings. The fraction of sp³-hybridized carbons (Fsp3) is 0.333. The molecule has 0 aliphatic carbocycles. The van der Waals surface area contributed by atoms with Gasteiger partial charge in [0.25, 0.3) is 5.91 Å². The zero-order valence-corrected chi connectivity index (χ0v) is 11.0. The molecule has 0 radical (unpaired) electrons. The van der Waals surface area contributed by atoms with E-state index in [1.165, 1.54) is 23.1 Å². The summed E-state index contributed by atoms with van der Waals surface area (Å²) in [6.45, 7) is 0.820. The van der Waals surface area contributed by atoms with Crippen LogP contribution in [0.1, 0.15) is 10.4 Å². The van der Waals surface area contributed by atoms with Crippen LogP contribution in [-0.4, -0.2) is 36.6 Å². The molecule has 4 nitrogen and oxygen atoms in total. The summed E-state index contributed by atoms with van der Waals surface area (Å²) in [5.74, 6) is -1.07. The summed E-state index contributed by atoms with van der Waals surface area (Å²) in [5, 5.41) is 8.95. The summed E-state index contributed by atoms with van der Waals surface area (Å²) in [6.07, 6.45) is 0. The number of benzene rings is 1. The number of nitrogens with zero attached hydrogens (tertiary/aromatic N) is 2. The number of halogens is 2. The van der Waals surface area contributed by atoms with Crippen LogP contribution in [0, 0.1) is 17.1 Å². The van der Waals surface area contributed by atoms with Crippen LogP contribution in [0.25, 0.3) is 0 Å². The number of hydrogen-bond donors (Lipinski definition) is 0. The Balaban J connectivity index is 2.30. The van der Waals surface area contributed by atoms with E-state index in [4.69, 9.17) is 10.00 Å². The van der Waals surface area contributed by atoms with Crippen LogP contribution in [0.5, 0.6) is 0 Å². The first-order valence-electron chi connectivity index (χ1n) is 5.37. The standard InChI is InChI=1S/C12H10BrFN2O2/c13-8-1-2-11(14)10(5-8)12(17)16-3-4-18-7-9(16)6-15/h1-2,5,9H,3-4,7H2. The first kappa shape index (κ1) is 13.0. The molecule has 0 saturated carbocycles. The molecule has 2 rings (SSSR count). The van der Waals surface area contributed by atoms with E-state index < -0.39 is 17.8 Å². The summed E-state index contributed by atoms with van der Waals surface area (Å²) in [5.41, 5.74) is -0.0356. The van der Waals surface area contributed by atoms with Crippen molar-refractivity contribution >= 4 is 21.8 Å². The van der Waals surface area contributed by atoms with Gasteiger partial charge in [-0.2, -0.15) is 5.26 Å². The van der Waals surface area contributed by atoms with Gasteiger partial charge in [0, 0.05) is 11.0 Å². The quantitative estimate of drug-likeness (QED) is 0.796. The molecule has 0 N–H and O–H groups in total. The molecular formula is C12H10BrFN2O2. The van der Waals surface area contributed by atoms with Crippen molar-refractivity contribution < 1.29 is 13.9 Å². The van der Waals surface area contributed by atoms with Gasteiger partial charge in [-0.25, -0.2) is 4.39 Å². The second-order valence-electron chi connectivity index (χ2n) is 3.84. The van der Waals surface area contributed by atoms with Gasteiger partial charge in [0.2, 0.25) is 0 Å². The fourth-order valence-electron chi connectivity index (χ4n) is 1.77. The Labute approximate surface area is 112 Å². The van der Waals surface area contributed by atoms with Crippen molar-refractivity contribution in [3.05, 3.63) is 34.1 Å². The average Bonchev–Trinajstić information content (AvgIpc) is 2.40. The molecule has 1 amide bonds. The van der Waals surface area contributed by atoms with Gasteiger partial charge in [-0.1, -0.05) is 15.9 Å². The zero-order valence-electron chi connectivity index (χ0n) is 9.40. The number of amides is 1. The van der Waals surface area contributed by atoms with Crippen molar-refractivity contribution in [3.63, 3.8) is 0 Å². The second kappa shape index (κ2) is 5.46. The van der Waals surface area contributed by atoms with Crippen molar-refractivity contribution in [3.8, 4) is 6.07 Å². The highest BCUT2D eigenvalue weighted by molar-refractivity contribution is 9.10. The molecule has 1 aliphatic rings. The molecule has 1 unspecified atom stereocenters. The van der Waals surface area contributed by atoms with Gasteiger partial charge in [0.05, 0.1) is 24.8 Å². The molecular weight excluding hydrogens is 303 g/mol. The van der Waals surface area contributed by atoms with Gasteiger partial charge in [-0.15, -0.1) is 0 Å². The smallest absolute Gasteiger partial charge is 0.258 e. The molecule has 1 saturated heterocycles. The SMILES string of the molecule is N#CC1COCCN1C(=O)c1cc(Br)ccc1F. The van der Waals surface area contributed by atoms with Crippen LogP contribution >= 0.6 is 15.9 Å². The van der Waals surface area contributed by atoms with E-state index in [1.807, 2.05) is 6.07 Å². The fourth-order valence-corrected chi connectivity index (χ4v) is 2.13. The minimum absolute atomic E-state index is 0.0356. The molecule has 0 spiro atoms. The first-order chi connectivity index (χ1) is 8.63. The van der Waals surface area contributed by atoms with Gasteiger partial charge in [0.1, 0.15) is 11.9 Å². The lowest BCUT2D eigenvalue weighted by atomic mass is 10.1. The van der Waals surface area contributed by atoms with Crippen LogP contribution in [0.3, 0.4) is 0 Å². The number of nitriles is 1. The van der Waals surface area contributed by atoms with E-state index in [1.54, 1.807) is 0 Å². The Hall–Kier alpha value is -1.45. The van der Waals surface area contributed by atoms with Crippen LogP contribution in [0.2, 0.25) is 0 Å². The summed E-state index contributed by atoms with van der Waals surface area (Å²) < 4.78 is 19.4. The summed E-state index contributed by atoms with van der Waals surface area (Å²) in [7, 11) is 0. The molecule has 1 aromatic carbocycles. The van der Waals surface area contributed by atoms with Crippen LogP contribution in [0.4, 0.5) is 4.39 Å². The van der Waals surface area contributed by atoms with E-state index in [0.29, 0.717) is 17.6 Å². The number of carbonyl (C=O) groups excluding carboxylic acids is 1. The third-order valence-corrected chi connectivity index (χ3v) is 3.19. The average molecular weight is 313 g/mol. The van der Waals surface area contributed by atoms with Crippen molar-refractivity contribution in [2.45, 2.75) is 6.04 Å². The normalized spacial score (nSPS) is 19.4. The predicted molar refractivity (Wildman–Crippen MR) is 65.4 cm³/mol. The molecule has 1 fully saturated rings. The number of morpholine rings is 1. The van der Waals surface area contributed by atoms with Gasteiger partial charge in [-0.3, -0.25) is 4.79 Å². The summed E-state index contributed by atoms with van der Waals surface area (Å²) in [4.78, 5) is 13.5. The monoisotopic (exact) mass is 312 g/mol. The Morgan fingerprint density at radius 1 is 1.61 bits per heavy atom. The number of rotatable bonds is 1. The number of carbonyl (C=O) groups is 1. The molecule has 0 bridgehead atoms. The highest BCUT2D eigenvalue weighted by Crippen LogP contribution is 2.19. The van der Waals surface area contributed by atoms with Crippen molar-refractivity contribution in [2.75, 3.05) is 19.8 Å². The van der Waals surface area contributed by atoms with Gasteiger partial charge in [0.15, 0.2) is 0 Å². The van der Waals surface area contributed by atoms with Crippen LogP contribution < -0.4 is 0 Å². The van der Waals surface area contributed by atoms with E-state index >= 15 is 0 Å². The largest absolute Gasteiger partial charge is 0.376 e. The zero-order chi connectivity index (χ0) is 13.1. The topological polar surface area (TPSA) is 53.3 Å². The van der Waals surface area contributed by atoms with Crippen molar-refractivity contribution in [1.82, 2.24) is 4.90 Å². The van der Waals surface area contributed by atoms with Crippen molar-refractivity contribution in [2.24, 2.45) is 0 Å². The number of hydrogen-bond acceptors (Lipinski definition) is 3. The Bertz CT molecular complexity index is 515. The lowest BCUT2D eigenvalue weighted by Gasteiger charge is -2.31. The van der Waals surface area contributed by atoms with E-state index in [2.05, 4.69) is 15.9 Å². The highest BCUT2D eigenvalue weighted by atomic mass is 79.9. The van der Waals surface area contributed by atoms with E-state index in [0.717, 1.165) is 0 Å². The molecule has 18 heavy (non-hydrogen) atoms. The molecule has 1 aliphatic heterocycles.